The predicted octanol–water partition coefficient (Wildman–Crippen LogP) is 4.99. The molecule has 6 heteroatoms. The second-order valence-electron chi connectivity index (χ2n) is 5.06. The molecule has 0 atom stereocenters. The number of alkyl halides is 3. The molecule has 0 aliphatic carbocycles. The molecular formula is C17H13F3N2O. The van der Waals surface area contributed by atoms with Crippen molar-refractivity contribution in [2.75, 3.05) is 0 Å². The van der Waals surface area contributed by atoms with Crippen LogP contribution in [0.3, 0.4) is 0 Å². The van der Waals surface area contributed by atoms with Gasteiger partial charge in [-0.05, 0) is 36.8 Å². The maximum Gasteiger partial charge on any atom is 0.419 e. The lowest BCUT2D eigenvalue weighted by Crippen LogP contribution is -2.06. The topological polar surface area (TPSA) is 27.1 Å². The third-order valence-corrected chi connectivity index (χ3v) is 3.25. The first-order chi connectivity index (χ1) is 10.9. The lowest BCUT2D eigenvalue weighted by atomic mass is 10.2. The van der Waals surface area contributed by atoms with Crippen molar-refractivity contribution in [1.29, 1.82) is 0 Å². The number of halogens is 3. The van der Waals surface area contributed by atoms with Gasteiger partial charge in [-0.25, -0.2) is 4.68 Å². The fraction of sp³-hybridized carbons (Fsp3) is 0.118. The van der Waals surface area contributed by atoms with E-state index in [-0.39, 0.29) is 11.5 Å². The van der Waals surface area contributed by atoms with Gasteiger partial charge in [-0.3, -0.25) is 0 Å². The molecule has 0 saturated carbocycles. The Labute approximate surface area is 130 Å². The van der Waals surface area contributed by atoms with Crippen LogP contribution in [0.4, 0.5) is 13.2 Å². The van der Waals surface area contributed by atoms with Crippen molar-refractivity contribution >= 4 is 0 Å². The van der Waals surface area contributed by atoms with Gasteiger partial charge in [0.2, 0.25) is 0 Å². The predicted molar refractivity (Wildman–Crippen MR) is 79.8 cm³/mol. The fourth-order valence-electron chi connectivity index (χ4n) is 2.19. The van der Waals surface area contributed by atoms with Gasteiger partial charge in [-0.2, -0.15) is 18.3 Å². The minimum Gasteiger partial charge on any atom is -0.453 e. The number of hydrogen-bond acceptors (Lipinski definition) is 2. The Morgan fingerprint density at radius 3 is 2.57 bits per heavy atom. The number of para-hydroxylation sites is 1. The van der Waals surface area contributed by atoms with E-state index in [9.17, 15) is 13.2 Å². The van der Waals surface area contributed by atoms with E-state index >= 15 is 0 Å². The Kier molecular flexibility index (Phi) is 3.82. The highest BCUT2D eigenvalue weighted by atomic mass is 19.4. The standard InChI is InChI=1S/C17H13F3N2O/c1-12-5-4-6-13(9-12)22-11-14(10-21-22)23-16-8-3-2-7-15(16)17(18,19)20/h2-11H,1H3. The van der Waals surface area contributed by atoms with E-state index in [0.29, 0.717) is 0 Å². The molecule has 118 valence electrons. The molecule has 0 fully saturated rings. The van der Waals surface area contributed by atoms with Crippen molar-refractivity contribution in [2.24, 2.45) is 0 Å². The zero-order valence-corrected chi connectivity index (χ0v) is 12.2. The van der Waals surface area contributed by atoms with Crippen LogP contribution in [0.1, 0.15) is 11.1 Å². The van der Waals surface area contributed by atoms with Gasteiger partial charge in [0.1, 0.15) is 5.75 Å². The number of nitrogens with zero attached hydrogens (tertiary/aromatic N) is 2. The van der Waals surface area contributed by atoms with Gasteiger partial charge in [0.05, 0.1) is 23.6 Å². The zero-order valence-electron chi connectivity index (χ0n) is 12.2. The van der Waals surface area contributed by atoms with Crippen LogP contribution in [0, 0.1) is 6.92 Å². The summed E-state index contributed by atoms with van der Waals surface area (Å²) in [6, 6.07) is 12.7. The van der Waals surface area contributed by atoms with Crippen molar-refractivity contribution in [1.82, 2.24) is 9.78 Å². The van der Waals surface area contributed by atoms with Gasteiger partial charge in [-0.1, -0.05) is 24.3 Å². The lowest BCUT2D eigenvalue weighted by Gasteiger charge is -2.12. The SMILES string of the molecule is Cc1cccc(-n2cc(Oc3ccccc3C(F)(F)F)cn2)c1. The minimum absolute atomic E-state index is 0.239. The van der Waals surface area contributed by atoms with Crippen molar-refractivity contribution in [3.05, 3.63) is 72.1 Å². The summed E-state index contributed by atoms with van der Waals surface area (Å²) in [4.78, 5) is 0. The Morgan fingerprint density at radius 1 is 1.04 bits per heavy atom. The molecule has 23 heavy (non-hydrogen) atoms. The highest BCUT2D eigenvalue weighted by Gasteiger charge is 2.34. The van der Waals surface area contributed by atoms with Crippen molar-refractivity contribution in [3.63, 3.8) is 0 Å². The summed E-state index contributed by atoms with van der Waals surface area (Å²) in [7, 11) is 0. The molecule has 0 saturated heterocycles. The van der Waals surface area contributed by atoms with Crippen LogP contribution < -0.4 is 4.74 Å². The summed E-state index contributed by atoms with van der Waals surface area (Å²) in [5.41, 5.74) is 1.05. The molecule has 0 spiro atoms. The van der Waals surface area contributed by atoms with Crippen LogP contribution in [-0.2, 0) is 6.18 Å². The van der Waals surface area contributed by atoms with E-state index in [1.807, 2.05) is 31.2 Å². The van der Waals surface area contributed by atoms with Gasteiger partial charge in [0.25, 0.3) is 0 Å². The van der Waals surface area contributed by atoms with Crippen LogP contribution in [0.2, 0.25) is 0 Å². The first kappa shape index (κ1) is 15.1. The van der Waals surface area contributed by atoms with E-state index in [2.05, 4.69) is 5.10 Å². The van der Waals surface area contributed by atoms with Gasteiger partial charge >= 0.3 is 6.18 Å². The molecule has 1 heterocycles. The highest BCUT2D eigenvalue weighted by Crippen LogP contribution is 2.37. The average Bonchev–Trinajstić information content (AvgIpc) is 2.95. The van der Waals surface area contributed by atoms with E-state index in [1.54, 1.807) is 10.9 Å². The number of aromatic nitrogens is 2. The minimum atomic E-state index is -4.47. The Morgan fingerprint density at radius 2 is 1.83 bits per heavy atom. The summed E-state index contributed by atoms with van der Waals surface area (Å²) in [5.74, 6) is -0.00741. The number of benzene rings is 2. The first-order valence-corrected chi connectivity index (χ1v) is 6.89. The second kappa shape index (κ2) is 5.79. The van der Waals surface area contributed by atoms with E-state index in [1.165, 1.54) is 24.4 Å². The summed E-state index contributed by atoms with van der Waals surface area (Å²) < 4.78 is 45.8. The van der Waals surface area contributed by atoms with Crippen LogP contribution in [0.5, 0.6) is 11.5 Å². The maximum atomic E-state index is 13.0. The monoisotopic (exact) mass is 318 g/mol. The molecule has 3 nitrogen and oxygen atoms in total. The van der Waals surface area contributed by atoms with Gasteiger partial charge in [0.15, 0.2) is 5.75 Å². The van der Waals surface area contributed by atoms with Crippen LogP contribution in [0.25, 0.3) is 5.69 Å². The maximum absolute atomic E-state index is 13.0. The third kappa shape index (κ3) is 3.36. The van der Waals surface area contributed by atoms with E-state index < -0.39 is 11.7 Å². The quantitative estimate of drug-likeness (QED) is 0.680. The molecule has 0 amide bonds. The number of ether oxygens (including phenoxy) is 1. The molecule has 3 rings (SSSR count). The number of aryl methyl sites for hydroxylation is 1. The fourth-order valence-corrected chi connectivity index (χ4v) is 2.19. The van der Waals surface area contributed by atoms with Gasteiger partial charge in [0, 0.05) is 0 Å². The van der Waals surface area contributed by atoms with E-state index in [0.717, 1.165) is 17.3 Å². The zero-order chi connectivity index (χ0) is 16.4. The van der Waals surface area contributed by atoms with Crippen LogP contribution in [-0.4, -0.2) is 9.78 Å². The number of hydrogen-bond donors (Lipinski definition) is 0. The van der Waals surface area contributed by atoms with Crippen molar-refractivity contribution in [3.8, 4) is 17.2 Å². The Bertz CT molecular complexity index is 824. The molecule has 2 aromatic carbocycles. The molecule has 0 aliphatic rings. The molecule has 1 aromatic heterocycles. The lowest BCUT2D eigenvalue weighted by molar-refractivity contribution is -0.138. The van der Waals surface area contributed by atoms with Gasteiger partial charge < -0.3 is 4.74 Å². The third-order valence-electron chi connectivity index (χ3n) is 3.25. The Balaban J connectivity index is 1.89. The number of rotatable bonds is 3. The van der Waals surface area contributed by atoms with E-state index in [4.69, 9.17) is 4.74 Å². The molecule has 0 bridgehead atoms. The molecule has 0 radical (unpaired) electrons. The van der Waals surface area contributed by atoms with Crippen LogP contribution in [0.15, 0.2) is 60.9 Å². The Hall–Kier alpha value is -2.76. The van der Waals surface area contributed by atoms with Gasteiger partial charge in [-0.15, -0.1) is 0 Å². The summed E-state index contributed by atoms with van der Waals surface area (Å²) >= 11 is 0. The first-order valence-electron chi connectivity index (χ1n) is 6.89. The largest absolute Gasteiger partial charge is 0.453 e. The summed E-state index contributed by atoms with van der Waals surface area (Å²) in [6.07, 6.45) is -1.54. The smallest absolute Gasteiger partial charge is 0.419 e. The molecule has 0 N–H and O–H groups in total. The van der Waals surface area contributed by atoms with Crippen LogP contribution >= 0.6 is 0 Å². The highest BCUT2D eigenvalue weighted by molar-refractivity contribution is 5.40. The summed E-state index contributed by atoms with van der Waals surface area (Å²) in [6.45, 7) is 1.95. The normalized spacial score (nSPS) is 11.5. The second-order valence-corrected chi connectivity index (χ2v) is 5.06. The molecule has 3 aromatic rings. The summed E-state index contributed by atoms with van der Waals surface area (Å²) in [5, 5.41) is 4.13. The van der Waals surface area contributed by atoms with Crippen molar-refractivity contribution in [2.45, 2.75) is 13.1 Å². The van der Waals surface area contributed by atoms with Crippen molar-refractivity contribution < 1.29 is 17.9 Å². The molecule has 0 aliphatic heterocycles. The average molecular weight is 318 g/mol. The molecule has 0 unspecified atom stereocenters. The molecular weight excluding hydrogens is 305 g/mol.